The minimum absolute atomic E-state index is 0.0517. The van der Waals surface area contributed by atoms with Crippen LogP contribution in [0.2, 0.25) is 0 Å². The van der Waals surface area contributed by atoms with Gasteiger partial charge in [0.15, 0.2) is 0 Å². The SMILES string of the molecule is COc1cc2c(cc1C(C)N)CCC2. The van der Waals surface area contributed by atoms with E-state index >= 15 is 0 Å². The van der Waals surface area contributed by atoms with Crippen LogP contribution in [0, 0.1) is 0 Å². The number of rotatable bonds is 2. The molecule has 0 heterocycles. The Labute approximate surface area is 85.1 Å². The summed E-state index contributed by atoms with van der Waals surface area (Å²) in [5.41, 5.74) is 9.93. The molecule has 0 saturated carbocycles. The fourth-order valence-electron chi connectivity index (χ4n) is 2.15. The van der Waals surface area contributed by atoms with Gasteiger partial charge in [0.2, 0.25) is 0 Å². The molecule has 0 bridgehead atoms. The maximum Gasteiger partial charge on any atom is 0.123 e. The van der Waals surface area contributed by atoms with Gasteiger partial charge in [-0.25, -0.2) is 0 Å². The zero-order valence-corrected chi connectivity index (χ0v) is 8.84. The van der Waals surface area contributed by atoms with Crippen molar-refractivity contribution in [2.24, 2.45) is 5.73 Å². The van der Waals surface area contributed by atoms with Crippen LogP contribution in [-0.4, -0.2) is 7.11 Å². The lowest BCUT2D eigenvalue weighted by atomic mass is 10.0. The van der Waals surface area contributed by atoms with E-state index < -0.39 is 0 Å². The Hall–Kier alpha value is -1.02. The Morgan fingerprint density at radius 2 is 1.93 bits per heavy atom. The maximum atomic E-state index is 5.90. The summed E-state index contributed by atoms with van der Waals surface area (Å²) in [5, 5.41) is 0. The number of fused-ring (bicyclic) bond motifs is 1. The normalized spacial score (nSPS) is 16.5. The molecule has 0 fully saturated rings. The van der Waals surface area contributed by atoms with E-state index in [1.165, 1.54) is 30.4 Å². The van der Waals surface area contributed by atoms with E-state index in [1.807, 2.05) is 6.92 Å². The van der Waals surface area contributed by atoms with Crippen LogP contribution in [0.3, 0.4) is 0 Å². The van der Waals surface area contributed by atoms with Crippen molar-refractivity contribution in [2.75, 3.05) is 7.11 Å². The summed E-state index contributed by atoms with van der Waals surface area (Å²) in [6.07, 6.45) is 3.64. The van der Waals surface area contributed by atoms with Crippen molar-refractivity contribution in [3.63, 3.8) is 0 Å². The van der Waals surface area contributed by atoms with Crippen molar-refractivity contribution in [1.82, 2.24) is 0 Å². The molecule has 0 aliphatic heterocycles. The molecule has 1 atom stereocenters. The lowest BCUT2D eigenvalue weighted by Gasteiger charge is -2.14. The van der Waals surface area contributed by atoms with Gasteiger partial charge in [-0.3, -0.25) is 0 Å². The lowest BCUT2D eigenvalue weighted by Crippen LogP contribution is -2.07. The van der Waals surface area contributed by atoms with Crippen molar-refractivity contribution in [3.8, 4) is 5.75 Å². The molecule has 0 aromatic heterocycles. The van der Waals surface area contributed by atoms with Crippen molar-refractivity contribution >= 4 is 0 Å². The van der Waals surface area contributed by atoms with E-state index in [0.717, 1.165) is 11.3 Å². The minimum Gasteiger partial charge on any atom is -0.496 e. The van der Waals surface area contributed by atoms with Gasteiger partial charge in [-0.15, -0.1) is 0 Å². The number of ether oxygens (including phenoxy) is 1. The molecular weight excluding hydrogens is 174 g/mol. The third-order valence-electron chi connectivity index (χ3n) is 2.93. The molecule has 0 saturated heterocycles. The van der Waals surface area contributed by atoms with Gasteiger partial charge in [0.1, 0.15) is 5.75 Å². The predicted octanol–water partition coefficient (Wildman–Crippen LogP) is 2.20. The first-order chi connectivity index (χ1) is 6.72. The van der Waals surface area contributed by atoms with Gasteiger partial charge < -0.3 is 10.5 Å². The Morgan fingerprint density at radius 3 is 2.50 bits per heavy atom. The quantitative estimate of drug-likeness (QED) is 0.777. The molecule has 0 amide bonds. The standard InChI is InChI=1S/C12H17NO/c1-8(13)11-6-9-4-3-5-10(9)7-12(11)14-2/h6-8H,3-5,13H2,1-2H3. The van der Waals surface area contributed by atoms with E-state index in [4.69, 9.17) is 10.5 Å². The van der Waals surface area contributed by atoms with Crippen molar-refractivity contribution in [2.45, 2.75) is 32.2 Å². The van der Waals surface area contributed by atoms with Crippen LogP contribution in [0.4, 0.5) is 0 Å². The predicted molar refractivity (Wildman–Crippen MR) is 57.6 cm³/mol. The molecule has 1 aliphatic carbocycles. The summed E-state index contributed by atoms with van der Waals surface area (Å²) in [7, 11) is 1.71. The Balaban J connectivity index is 2.49. The summed E-state index contributed by atoms with van der Waals surface area (Å²) >= 11 is 0. The highest BCUT2D eigenvalue weighted by molar-refractivity contribution is 5.45. The van der Waals surface area contributed by atoms with Gasteiger partial charge >= 0.3 is 0 Å². The number of nitrogens with two attached hydrogens (primary N) is 1. The molecule has 2 N–H and O–H groups in total. The highest BCUT2D eigenvalue weighted by Gasteiger charge is 2.16. The molecule has 1 aliphatic rings. The van der Waals surface area contributed by atoms with Gasteiger partial charge in [-0.05, 0) is 43.4 Å². The zero-order valence-electron chi connectivity index (χ0n) is 8.84. The fraction of sp³-hybridized carbons (Fsp3) is 0.500. The van der Waals surface area contributed by atoms with E-state index in [1.54, 1.807) is 7.11 Å². The molecule has 76 valence electrons. The average Bonchev–Trinajstić information content (AvgIpc) is 2.62. The molecule has 1 aromatic carbocycles. The molecular formula is C12H17NO. The number of hydrogen-bond donors (Lipinski definition) is 1. The van der Waals surface area contributed by atoms with E-state index in [0.29, 0.717) is 0 Å². The fourth-order valence-corrected chi connectivity index (χ4v) is 2.15. The molecule has 2 nitrogen and oxygen atoms in total. The molecule has 1 aromatic rings. The first kappa shape index (κ1) is 9.53. The van der Waals surface area contributed by atoms with Crippen molar-refractivity contribution in [1.29, 1.82) is 0 Å². The van der Waals surface area contributed by atoms with E-state index in [9.17, 15) is 0 Å². The monoisotopic (exact) mass is 191 g/mol. The number of methoxy groups -OCH3 is 1. The number of aryl methyl sites for hydroxylation is 2. The summed E-state index contributed by atoms with van der Waals surface area (Å²) in [4.78, 5) is 0. The van der Waals surface area contributed by atoms with Crippen molar-refractivity contribution in [3.05, 3.63) is 28.8 Å². The average molecular weight is 191 g/mol. The first-order valence-corrected chi connectivity index (χ1v) is 5.17. The summed E-state index contributed by atoms with van der Waals surface area (Å²) in [6, 6.07) is 4.42. The Morgan fingerprint density at radius 1 is 1.29 bits per heavy atom. The largest absolute Gasteiger partial charge is 0.496 e. The summed E-state index contributed by atoms with van der Waals surface area (Å²) in [6.45, 7) is 2.00. The summed E-state index contributed by atoms with van der Waals surface area (Å²) < 4.78 is 5.35. The van der Waals surface area contributed by atoms with Crippen LogP contribution in [0.5, 0.6) is 5.75 Å². The smallest absolute Gasteiger partial charge is 0.123 e. The van der Waals surface area contributed by atoms with Crippen LogP contribution < -0.4 is 10.5 Å². The van der Waals surface area contributed by atoms with E-state index in [2.05, 4.69) is 12.1 Å². The van der Waals surface area contributed by atoms with Crippen LogP contribution >= 0.6 is 0 Å². The van der Waals surface area contributed by atoms with Gasteiger partial charge in [-0.2, -0.15) is 0 Å². The van der Waals surface area contributed by atoms with Gasteiger partial charge in [-0.1, -0.05) is 6.07 Å². The third kappa shape index (κ3) is 1.50. The van der Waals surface area contributed by atoms with E-state index in [-0.39, 0.29) is 6.04 Å². The number of benzene rings is 1. The molecule has 2 heteroatoms. The molecule has 14 heavy (non-hydrogen) atoms. The van der Waals surface area contributed by atoms with Crippen LogP contribution in [-0.2, 0) is 12.8 Å². The first-order valence-electron chi connectivity index (χ1n) is 5.17. The molecule has 1 unspecified atom stereocenters. The van der Waals surface area contributed by atoms with Crippen LogP contribution in [0.1, 0.15) is 36.1 Å². The van der Waals surface area contributed by atoms with Crippen LogP contribution in [0.15, 0.2) is 12.1 Å². The van der Waals surface area contributed by atoms with Gasteiger partial charge in [0.25, 0.3) is 0 Å². The number of hydrogen-bond acceptors (Lipinski definition) is 2. The minimum atomic E-state index is 0.0517. The van der Waals surface area contributed by atoms with Gasteiger partial charge in [0.05, 0.1) is 7.11 Å². The summed E-state index contributed by atoms with van der Waals surface area (Å²) in [5.74, 6) is 0.945. The molecule has 2 rings (SSSR count). The zero-order chi connectivity index (χ0) is 10.1. The highest BCUT2D eigenvalue weighted by Crippen LogP contribution is 2.32. The highest BCUT2D eigenvalue weighted by atomic mass is 16.5. The molecule has 0 radical (unpaired) electrons. The van der Waals surface area contributed by atoms with Crippen LogP contribution in [0.25, 0.3) is 0 Å². The Kier molecular flexibility index (Phi) is 2.46. The molecule has 0 spiro atoms. The third-order valence-corrected chi connectivity index (χ3v) is 2.93. The van der Waals surface area contributed by atoms with Gasteiger partial charge in [0, 0.05) is 11.6 Å². The second kappa shape index (κ2) is 3.62. The Bertz CT molecular complexity index is 344. The second-order valence-corrected chi connectivity index (χ2v) is 4.01. The van der Waals surface area contributed by atoms with Crippen molar-refractivity contribution < 1.29 is 4.74 Å². The topological polar surface area (TPSA) is 35.2 Å². The second-order valence-electron chi connectivity index (χ2n) is 4.01. The maximum absolute atomic E-state index is 5.90. The lowest BCUT2D eigenvalue weighted by molar-refractivity contribution is 0.406.